The molecule has 1 aliphatic heterocycles. The van der Waals surface area contributed by atoms with E-state index in [0.29, 0.717) is 41.6 Å². The van der Waals surface area contributed by atoms with Gasteiger partial charge in [-0.05, 0) is 36.8 Å². The van der Waals surface area contributed by atoms with Gasteiger partial charge in [0.15, 0.2) is 0 Å². The normalized spacial score (nSPS) is 17.5. The van der Waals surface area contributed by atoms with Gasteiger partial charge in [0.05, 0.1) is 11.1 Å². The van der Waals surface area contributed by atoms with Crippen molar-refractivity contribution < 1.29 is 14.6 Å². The van der Waals surface area contributed by atoms with Crippen molar-refractivity contribution in [2.24, 2.45) is 0 Å². The van der Waals surface area contributed by atoms with E-state index in [1.165, 1.54) is 0 Å². The van der Waals surface area contributed by atoms with Crippen molar-refractivity contribution in [2.75, 3.05) is 13.1 Å². The predicted octanol–water partition coefficient (Wildman–Crippen LogP) is 2.73. The number of pyridine rings is 1. The van der Waals surface area contributed by atoms with E-state index in [-0.39, 0.29) is 5.91 Å². The number of likely N-dealkylation sites (tertiary alicyclic amines) is 1. The fourth-order valence-electron chi connectivity index (χ4n) is 2.36. The molecule has 1 aromatic heterocycles. The van der Waals surface area contributed by atoms with E-state index in [9.17, 15) is 9.90 Å². The zero-order valence-corrected chi connectivity index (χ0v) is 12.5. The molecule has 0 bridgehead atoms. The standard InChI is InChI=1S/C16H15ClN2O3/c17-14-9-11(16(21)19-8-5-12(20)10-19)1-2-15(14)22-13-3-6-18-7-4-13/h1-4,6-7,9,12,20H,5,8,10H2/t12-/m1/s1. The first-order valence-corrected chi connectivity index (χ1v) is 7.36. The summed E-state index contributed by atoms with van der Waals surface area (Å²) in [4.78, 5) is 17.9. The summed E-state index contributed by atoms with van der Waals surface area (Å²) in [6.07, 6.45) is 3.43. The zero-order valence-electron chi connectivity index (χ0n) is 11.8. The molecule has 5 nitrogen and oxygen atoms in total. The summed E-state index contributed by atoms with van der Waals surface area (Å²) in [6, 6.07) is 8.38. The Kier molecular flexibility index (Phi) is 4.27. The van der Waals surface area contributed by atoms with Gasteiger partial charge in [0.25, 0.3) is 5.91 Å². The van der Waals surface area contributed by atoms with Crippen molar-refractivity contribution in [1.29, 1.82) is 0 Å². The monoisotopic (exact) mass is 318 g/mol. The number of rotatable bonds is 3. The summed E-state index contributed by atoms with van der Waals surface area (Å²) >= 11 is 6.20. The molecule has 1 aromatic carbocycles. The number of benzene rings is 1. The second-order valence-corrected chi connectivity index (χ2v) is 5.53. The van der Waals surface area contributed by atoms with Crippen molar-refractivity contribution >= 4 is 17.5 Å². The first-order chi connectivity index (χ1) is 10.6. The lowest BCUT2D eigenvalue weighted by Gasteiger charge is -2.16. The highest BCUT2D eigenvalue weighted by molar-refractivity contribution is 6.32. The third kappa shape index (κ3) is 3.21. The van der Waals surface area contributed by atoms with Gasteiger partial charge in [-0.15, -0.1) is 0 Å². The van der Waals surface area contributed by atoms with Crippen molar-refractivity contribution in [3.8, 4) is 11.5 Å². The van der Waals surface area contributed by atoms with Crippen LogP contribution in [0.15, 0.2) is 42.7 Å². The second-order valence-electron chi connectivity index (χ2n) is 5.12. The molecule has 0 aliphatic carbocycles. The first-order valence-electron chi connectivity index (χ1n) is 6.98. The molecule has 1 saturated heterocycles. The SMILES string of the molecule is O=C(c1ccc(Oc2ccncc2)c(Cl)c1)N1CC[C@@H](O)C1. The molecule has 2 heterocycles. The molecule has 3 rings (SSSR count). The van der Waals surface area contributed by atoms with Crippen LogP contribution < -0.4 is 4.74 Å². The molecule has 1 N–H and O–H groups in total. The Morgan fingerprint density at radius 2 is 2.09 bits per heavy atom. The van der Waals surface area contributed by atoms with Gasteiger partial charge >= 0.3 is 0 Å². The summed E-state index contributed by atoms with van der Waals surface area (Å²) in [5.74, 6) is 0.971. The Morgan fingerprint density at radius 3 is 2.73 bits per heavy atom. The minimum Gasteiger partial charge on any atom is -0.456 e. The van der Waals surface area contributed by atoms with Crippen LogP contribution in [0.3, 0.4) is 0 Å². The average Bonchev–Trinajstić information content (AvgIpc) is 2.96. The Morgan fingerprint density at radius 1 is 1.32 bits per heavy atom. The second kappa shape index (κ2) is 6.34. The number of aliphatic hydroxyl groups excluding tert-OH is 1. The molecular weight excluding hydrogens is 304 g/mol. The van der Waals surface area contributed by atoms with Crippen molar-refractivity contribution in [2.45, 2.75) is 12.5 Å². The lowest BCUT2D eigenvalue weighted by Crippen LogP contribution is -2.29. The largest absolute Gasteiger partial charge is 0.456 e. The highest BCUT2D eigenvalue weighted by Gasteiger charge is 2.25. The van der Waals surface area contributed by atoms with Crippen molar-refractivity contribution in [1.82, 2.24) is 9.88 Å². The molecule has 0 unspecified atom stereocenters. The first kappa shape index (κ1) is 14.8. The maximum atomic E-state index is 12.3. The van der Waals surface area contributed by atoms with Crippen LogP contribution in [0.4, 0.5) is 0 Å². The number of nitrogens with zero attached hydrogens (tertiary/aromatic N) is 2. The molecule has 2 aromatic rings. The average molecular weight is 319 g/mol. The van der Waals surface area contributed by atoms with E-state index in [4.69, 9.17) is 16.3 Å². The summed E-state index contributed by atoms with van der Waals surface area (Å²) in [5.41, 5.74) is 0.487. The molecule has 0 radical (unpaired) electrons. The van der Waals surface area contributed by atoms with Gasteiger partial charge in [-0.2, -0.15) is 0 Å². The van der Waals surface area contributed by atoms with Gasteiger partial charge in [-0.1, -0.05) is 11.6 Å². The molecular formula is C16H15ClN2O3. The maximum Gasteiger partial charge on any atom is 0.253 e. The number of hydrogen-bond donors (Lipinski definition) is 1. The van der Waals surface area contributed by atoms with Crippen LogP contribution in [0.5, 0.6) is 11.5 Å². The van der Waals surface area contributed by atoms with Crippen LogP contribution in [0.1, 0.15) is 16.8 Å². The fourth-order valence-corrected chi connectivity index (χ4v) is 2.58. The van der Waals surface area contributed by atoms with Crippen molar-refractivity contribution in [3.63, 3.8) is 0 Å². The number of carbonyl (C=O) groups is 1. The van der Waals surface area contributed by atoms with E-state index < -0.39 is 6.10 Å². The van der Waals surface area contributed by atoms with Gasteiger partial charge in [-0.3, -0.25) is 9.78 Å². The fraction of sp³-hybridized carbons (Fsp3) is 0.250. The molecule has 114 valence electrons. The molecule has 0 spiro atoms. The number of β-amino-alcohol motifs (C(OH)–C–C–N with tert-alkyl or cyclic N) is 1. The number of amides is 1. The number of halogens is 1. The van der Waals surface area contributed by atoms with E-state index >= 15 is 0 Å². The van der Waals surface area contributed by atoms with Crippen molar-refractivity contribution in [3.05, 3.63) is 53.3 Å². The number of ether oxygens (including phenoxy) is 1. The molecule has 1 fully saturated rings. The van der Waals surface area contributed by atoms with Gasteiger partial charge in [0, 0.05) is 31.0 Å². The zero-order chi connectivity index (χ0) is 15.5. The highest BCUT2D eigenvalue weighted by Crippen LogP contribution is 2.30. The van der Waals surface area contributed by atoms with Gasteiger partial charge in [0.1, 0.15) is 11.5 Å². The highest BCUT2D eigenvalue weighted by atomic mass is 35.5. The number of aromatic nitrogens is 1. The smallest absolute Gasteiger partial charge is 0.253 e. The molecule has 0 saturated carbocycles. The Bertz CT molecular complexity index is 678. The molecule has 22 heavy (non-hydrogen) atoms. The van der Waals surface area contributed by atoms with E-state index in [1.807, 2.05) is 0 Å². The minimum atomic E-state index is -0.436. The van der Waals surface area contributed by atoms with E-state index in [2.05, 4.69) is 4.98 Å². The third-order valence-electron chi connectivity index (χ3n) is 3.51. The summed E-state index contributed by atoms with van der Waals surface area (Å²) in [5, 5.41) is 9.88. The summed E-state index contributed by atoms with van der Waals surface area (Å²) < 4.78 is 5.65. The quantitative estimate of drug-likeness (QED) is 0.945. The van der Waals surface area contributed by atoms with E-state index in [0.717, 1.165) is 0 Å². The van der Waals surface area contributed by atoms with Crippen LogP contribution in [0.2, 0.25) is 5.02 Å². The minimum absolute atomic E-state index is 0.131. The van der Waals surface area contributed by atoms with Crippen LogP contribution in [0, 0.1) is 0 Å². The van der Waals surface area contributed by atoms with Crippen LogP contribution in [0.25, 0.3) is 0 Å². The number of hydrogen-bond acceptors (Lipinski definition) is 4. The molecule has 1 amide bonds. The molecule has 1 aliphatic rings. The van der Waals surface area contributed by atoms with Gasteiger partial charge < -0.3 is 14.7 Å². The third-order valence-corrected chi connectivity index (χ3v) is 3.80. The van der Waals surface area contributed by atoms with Crippen LogP contribution in [-0.4, -0.2) is 40.1 Å². The van der Waals surface area contributed by atoms with Crippen LogP contribution in [-0.2, 0) is 0 Å². The molecule has 6 heteroatoms. The summed E-state index contributed by atoms with van der Waals surface area (Å²) in [7, 11) is 0. The number of aliphatic hydroxyl groups is 1. The summed E-state index contributed by atoms with van der Waals surface area (Å²) in [6.45, 7) is 0.929. The topological polar surface area (TPSA) is 62.7 Å². The van der Waals surface area contributed by atoms with Crippen LogP contribution >= 0.6 is 11.6 Å². The lowest BCUT2D eigenvalue weighted by molar-refractivity contribution is 0.0765. The Balaban J connectivity index is 1.76. The number of carbonyl (C=O) groups excluding carboxylic acids is 1. The predicted molar refractivity (Wildman–Crippen MR) is 82.3 cm³/mol. The van der Waals surface area contributed by atoms with Gasteiger partial charge in [0.2, 0.25) is 0 Å². The maximum absolute atomic E-state index is 12.3. The van der Waals surface area contributed by atoms with E-state index in [1.54, 1.807) is 47.6 Å². The lowest BCUT2D eigenvalue weighted by atomic mass is 10.2. The molecule has 1 atom stereocenters. The van der Waals surface area contributed by atoms with Gasteiger partial charge in [-0.25, -0.2) is 0 Å². The Labute approximate surface area is 133 Å². The Hall–Kier alpha value is -2.11.